The van der Waals surface area contributed by atoms with Crippen molar-refractivity contribution in [3.8, 4) is 5.75 Å². The molecule has 1 aliphatic rings. The highest BCUT2D eigenvalue weighted by atomic mass is 79.9. The van der Waals surface area contributed by atoms with Crippen molar-refractivity contribution in [2.24, 2.45) is 5.73 Å². The Kier molecular flexibility index (Phi) is 5.00. The van der Waals surface area contributed by atoms with Crippen molar-refractivity contribution in [3.63, 3.8) is 0 Å². The van der Waals surface area contributed by atoms with Gasteiger partial charge in [0.05, 0.1) is 20.3 Å². The summed E-state index contributed by atoms with van der Waals surface area (Å²) < 4.78 is 11.8. The molecule has 18 heavy (non-hydrogen) atoms. The standard InChI is InChI=1S/C13H19BrN2O2/c1-17-13-3-2-9(14)6-11(13)12(15)7-10-8-18-5-4-16-10/h2-3,6,10,12,16H,4-5,7-8,15H2,1H3. The number of benzene rings is 1. The van der Waals surface area contributed by atoms with Gasteiger partial charge in [-0.25, -0.2) is 0 Å². The number of halogens is 1. The first kappa shape index (κ1) is 13.8. The molecule has 1 aliphatic heterocycles. The Morgan fingerprint density at radius 3 is 3.11 bits per heavy atom. The molecule has 1 saturated heterocycles. The van der Waals surface area contributed by atoms with Crippen LogP contribution in [-0.4, -0.2) is 32.9 Å². The molecule has 0 amide bonds. The van der Waals surface area contributed by atoms with Crippen LogP contribution in [0.3, 0.4) is 0 Å². The lowest BCUT2D eigenvalue weighted by atomic mass is 9.99. The second-order valence-electron chi connectivity index (χ2n) is 4.45. The summed E-state index contributed by atoms with van der Waals surface area (Å²) in [5.41, 5.74) is 7.30. The molecule has 1 aromatic carbocycles. The smallest absolute Gasteiger partial charge is 0.123 e. The van der Waals surface area contributed by atoms with Crippen LogP contribution >= 0.6 is 15.9 Å². The summed E-state index contributed by atoms with van der Waals surface area (Å²) in [6.07, 6.45) is 0.840. The number of nitrogens with one attached hydrogen (secondary N) is 1. The monoisotopic (exact) mass is 314 g/mol. The molecule has 1 heterocycles. The topological polar surface area (TPSA) is 56.5 Å². The van der Waals surface area contributed by atoms with Crippen molar-refractivity contribution >= 4 is 15.9 Å². The molecule has 2 atom stereocenters. The van der Waals surface area contributed by atoms with Gasteiger partial charge >= 0.3 is 0 Å². The summed E-state index contributed by atoms with van der Waals surface area (Å²) in [4.78, 5) is 0. The van der Waals surface area contributed by atoms with Crippen molar-refractivity contribution in [1.29, 1.82) is 0 Å². The summed E-state index contributed by atoms with van der Waals surface area (Å²) in [5, 5.41) is 3.41. The third kappa shape index (κ3) is 3.45. The summed E-state index contributed by atoms with van der Waals surface area (Å²) >= 11 is 3.47. The van der Waals surface area contributed by atoms with Gasteiger partial charge in [-0.3, -0.25) is 0 Å². The van der Waals surface area contributed by atoms with E-state index >= 15 is 0 Å². The molecule has 0 saturated carbocycles. The number of morpholine rings is 1. The zero-order valence-corrected chi connectivity index (χ0v) is 12.1. The summed E-state index contributed by atoms with van der Waals surface area (Å²) in [5.74, 6) is 0.836. The lowest BCUT2D eigenvalue weighted by Gasteiger charge is -2.27. The zero-order valence-electron chi connectivity index (χ0n) is 10.5. The molecule has 4 nitrogen and oxygen atoms in total. The lowest BCUT2D eigenvalue weighted by molar-refractivity contribution is 0.0719. The maximum atomic E-state index is 6.27. The van der Waals surface area contributed by atoms with Crippen molar-refractivity contribution in [2.45, 2.75) is 18.5 Å². The number of ether oxygens (including phenoxy) is 2. The molecule has 0 aromatic heterocycles. The van der Waals surface area contributed by atoms with Crippen molar-refractivity contribution in [1.82, 2.24) is 5.32 Å². The number of nitrogens with two attached hydrogens (primary N) is 1. The SMILES string of the molecule is COc1ccc(Br)cc1C(N)CC1COCCN1. The molecule has 5 heteroatoms. The van der Waals surface area contributed by atoms with E-state index in [0.29, 0.717) is 6.04 Å². The van der Waals surface area contributed by atoms with Crippen LogP contribution in [0.2, 0.25) is 0 Å². The summed E-state index contributed by atoms with van der Waals surface area (Å²) in [6, 6.07) is 6.17. The third-order valence-electron chi connectivity index (χ3n) is 3.13. The fourth-order valence-electron chi connectivity index (χ4n) is 2.20. The van der Waals surface area contributed by atoms with E-state index in [9.17, 15) is 0 Å². The first-order valence-corrected chi connectivity index (χ1v) is 6.90. The maximum absolute atomic E-state index is 6.27. The van der Waals surface area contributed by atoms with E-state index < -0.39 is 0 Å². The Morgan fingerprint density at radius 1 is 1.61 bits per heavy atom. The van der Waals surface area contributed by atoms with Crippen molar-refractivity contribution in [3.05, 3.63) is 28.2 Å². The lowest BCUT2D eigenvalue weighted by Crippen LogP contribution is -2.42. The highest BCUT2D eigenvalue weighted by molar-refractivity contribution is 9.10. The largest absolute Gasteiger partial charge is 0.496 e. The molecule has 2 rings (SSSR count). The van der Waals surface area contributed by atoms with E-state index in [-0.39, 0.29) is 6.04 Å². The highest BCUT2D eigenvalue weighted by Gasteiger charge is 2.20. The highest BCUT2D eigenvalue weighted by Crippen LogP contribution is 2.29. The maximum Gasteiger partial charge on any atom is 0.123 e. The predicted molar refractivity (Wildman–Crippen MR) is 74.8 cm³/mol. The van der Waals surface area contributed by atoms with Gasteiger partial charge in [-0.05, 0) is 24.6 Å². The normalized spacial score (nSPS) is 21.6. The number of hydrogen-bond acceptors (Lipinski definition) is 4. The molecule has 2 unspecified atom stereocenters. The van der Waals surface area contributed by atoms with Crippen LogP contribution in [0, 0.1) is 0 Å². The first-order valence-electron chi connectivity index (χ1n) is 6.11. The van der Waals surface area contributed by atoms with Gasteiger partial charge in [0.25, 0.3) is 0 Å². The molecule has 3 N–H and O–H groups in total. The van der Waals surface area contributed by atoms with Gasteiger partial charge in [0.15, 0.2) is 0 Å². The average Bonchev–Trinajstić information content (AvgIpc) is 2.40. The summed E-state index contributed by atoms with van der Waals surface area (Å²) in [7, 11) is 1.67. The predicted octanol–water partition coefficient (Wildman–Crippen LogP) is 1.84. The van der Waals surface area contributed by atoms with E-state index in [0.717, 1.165) is 42.0 Å². The number of rotatable bonds is 4. The van der Waals surface area contributed by atoms with Crippen LogP contribution in [-0.2, 0) is 4.74 Å². The van der Waals surface area contributed by atoms with Gasteiger partial charge < -0.3 is 20.5 Å². The van der Waals surface area contributed by atoms with Crippen LogP contribution < -0.4 is 15.8 Å². The number of methoxy groups -OCH3 is 1. The Hall–Kier alpha value is -0.620. The van der Waals surface area contributed by atoms with Crippen LogP contribution in [0.15, 0.2) is 22.7 Å². The molecule has 0 radical (unpaired) electrons. The molecule has 1 aromatic rings. The Morgan fingerprint density at radius 2 is 2.44 bits per heavy atom. The average molecular weight is 315 g/mol. The van der Waals surface area contributed by atoms with E-state index in [1.807, 2.05) is 18.2 Å². The molecule has 0 bridgehead atoms. The van der Waals surface area contributed by atoms with Gasteiger partial charge in [0.1, 0.15) is 5.75 Å². The minimum Gasteiger partial charge on any atom is -0.496 e. The molecule has 0 aliphatic carbocycles. The van der Waals surface area contributed by atoms with E-state index in [1.165, 1.54) is 0 Å². The fraction of sp³-hybridized carbons (Fsp3) is 0.538. The molecule has 0 spiro atoms. The molecule has 1 fully saturated rings. The molecular weight excluding hydrogens is 296 g/mol. The quantitative estimate of drug-likeness (QED) is 0.890. The first-order chi connectivity index (χ1) is 8.70. The van der Waals surface area contributed by atoms with Gasteiger partial charge in [-0.2, -0.15) is 0 Å². The fourth-order valence-corrected chi connectivity index (χ4v) is 2.58. The Bertz CT molecular complexity index is 395. The zero-order chi connectivity index (χ0) is 13.0. The second-order valence-corrected chi connectivity index (χ2v) is 5.37. The third-order valence-corrected chi connectivity index (χ3v) is 3.62. The summed E-state index contributed by atoms with van der Waals surface area (Å²) in [6.45, 7) is 2.41. The van der Waals surface area contributed by atoms with Crippen molar-refractivity contribution < 1.29 is 9.47 Å². The minimum atomic E-state index is -0.0587. The van der Waals surface area contributed by atoms with Crippen LogP contribution in [0.25, 0.3) is 0 Å². The molecular formula is C13H19BrN2O2. The number of hydrogen-bond donors (Lipinski definition) is 2. The van der Waals surface area contributed by atoms with Crippen LogP contribution in [0.1, 0.15) is 18.0 Å². The van der Waals surface area contributed by atoms with E-state index in [4.69, 9.17) is 15.2 Å². The van der Waals surface area contributed by atoms with Crippen molar-refractivity contribution in [2.75, 3.05) is 26.9 Å². The van der Waals surface area contributed by atoms with E-state index in [1.54, 1.807) is 7.11 Å². The second kappa shape index (κ2) is 6.52. The van der Waals surface area contributed by atoms with Gasteiger partial charge in [0, 0.05) is 28.7 Å². The van der Waals surface area contributed by atoms with Crippen LogP contribution in [0.5, 0.6) is 5.75 Å². The van der Waals surface area contributed by atoms with E-state index in [2.05, 4.69) is 21.2 Å². The molecule has 100 valence electrons. The van der Waals surface area contributed by atoms with Gasteiger partial charge in [0.2, 0.25) is 0 Å². The Labute approximate surface area is 116 Å². The van der Waals surface area contributed by atoms with Gasteiger partial charge in [-0.15, -0.1) is 0 Å². The van der Waals surface area contributed by atoms with Crippen LogP contribution in [0.4, 0.5) is 0 Å². The van der Waals surface area contributed by atoms with Gasteiger partial charge in [-0.1, -0.05) is 15.9 Å². The minimum absolute atomic E-state index is 0.0587. The Balaban J connectivity index is 2.07.